The second-order valence-corrected chi connectivity index (χ2v) is 5.04. The fourth-order valence-corrected chi connectivity index (χ4v) is 2.42. The number of ether oxygens (including phenoxy) is 1. The molecular weight excluding hydrogens is 261 g/mol. The van der Waals surface area contributed by atoms with Crippen molar-refractivity contribution in [3.05, 3.63) is 35.1 Å². The molecular formula is C15H16FNO3. The van der Waals surface area contributed by atoms with Crippen LogP contribution < -0.4 is 0 Å². The Morgan fingerprint density at radius 1 is 1.40 bits per heavy atom. The third-order valence-corrected chi connectivity index (χ3v) is 3.68. The van der Waals surface area contributed by atoms with Gasteiger partial charge in [-0.25, -0.2) is 4.39 Å². The largest absolute Gasteiger partial charge is 0.481 e. The monoisotopic (exact) mass is 277 g/mol. The summed E-state index contributed by atoms with van der Waals surface area (Å²) in [6.45, 7) is 0.153. The van der Waals surface area contributed by atoms with Crippen LogP contribution in [0, 0.1) is 23.1 Å². The third kappa shape index (κ3) is 3.55. The molecule has 0 radical (unpaired) electrons. The summed E-state index contributed by atoms with van der Waals surface area (Å²) >= 11 is 0. The number of hydrogen-bond acceptors (Lipinski definition) is 3. The van der Waals surface area contributed by atoms with Crippen LogP contribution in [0.2, 0.25) is 0 Å². The van der Waals surface area contributed by atoms with E-state index >= 15 is 0 Å². The lowest BCUT2D eigenvalue weighted by Gasteiger charge is -2.26. The molecule has 0 aromatic heterocycles. The first-order valence-electron chi connectivity index (χ1n) is 6.63. The van der Waals surface area contributed by atoms with Crippen LogP contribution in [-0.4, -0.2) is 17.2 Å². The minimum atomic E-state index is -0.749. The van der Waals surface area contributed by atoms with Crippen LogP contribution in [0.25, 0.3) is 0 Å². The summed E-state index contributed by atoms with van der Waals surface area (Å²) in [5.41, 5.74) is 0.706. The van der Waals surface area contributed by atoms with Gasteiger partial charge in [-0.05, 0) is 37.8 Å². The zero-order valence-corrected chi connectivity index (χ0v) is 11.0. The number of carboxylic acids is 1. The molecule has 4 nitrogen and oxygen atoms in total. The van der Waals surface area contributed by atoms with E-state index < -0.39 is 11.8 Å². The Balaban J connectivity index is 1.85. The smallest absolute Gasteiger partial charge is 0.306 e. The van der Waals surface area contributed by atoms with Crippen LogP contribution in [0.4, 0.5) is 4.39 Å². The van der Waals surface area contributed by atoms with E-state index in [2.05, 4.69) is 0 Å². The van der Waals surface area contributed by atoms with E-state index in [1.807, 2.05) is 6.07 Å². The Kier molecular flexibility index (Phi) is 4.70. The van der Waals surface area contributed by atoms with Gasteiger partial charge in [-0.1, -0.05) is 6.07 Å². The summed E-state index contributed by atoms with van der Waals surface area (Å²) in [6.07, 6.45) is 2.58. The highest BCUT2D eigenvalue weighted by molar-refractivity contribution is 5.70. The lowest BCUT2D eigenvalue weighted by atomic mass is 9.87. The van der Waals surface area contributed by atoms with Crippen molar-refractivity contribution in [3.8, 4) is 6.07 Å². The number of carboxylic acid groups (broad SMARTS) is 1. The summed E-state index contributed by atoms with van der Waals surface area (Å²) < 4.78 is 19.3. The molecule has 1 aromatic rings. The number of halogens is 1. The molecule has 0 spiro atoms. The molecule has 0 heterocycles. The van der Waals surface area contributed by atoms with E-state index in [-0.39, 0.29) is 24.2 Å². The molecule has 1 saturated carbocycles. The highest BCUT2D eigenvalue weighted by atomic mass is 19.1. The van der Waals surface area contributed by atoms with Gasteiger partial charge in [0.2, 0.25) is 0 Å². The lowest BCUT2D eigenvalue weighted by molar-refractivity contribution is -0.143. The van der Waals surface area contributed by atoms with Crippen molar-refractivity contribution in [3.63, 3.8) is 0 Å². The van der Waals surface area contributed by atoms with E-state index in [4.69, 9.17) is 15.1 Å². The summed E-state index contributed by atoms with van der Waals surface area (Å²) in [5.74, 6) is -1.47. The van der Waals surface area contributed by atoms with Gasteiger partial charge in [0.05, 0.1) is 30.3 Å². The van der Waals surface area contributed by atoms with Gasteiger partial charge in [0, 0.05) is 5.56 Å². The van der Waals surface area contributed by atoms with E-state index in [9.17, 15) is 9.18 Å². The molecule has 0 atom stereocenters. The SMILES string of the molecule is N#Cc1ccc(COC2CCC(C(=O)O)CC2)c(F)c1. The van der Waals surface area contributed by atoms with Crippen LogP contribution in [0.5, 0.6) is 0 Å². The van der Waals surface area contributed by atoms with Gasteiger partial charge < -0.3 is 9.84 Å². The number of aliphatic carboxylic acids is 1. The fourth-order valence-electron chi connectivity index (χ4n) is 2.42. The topological polar surface area (TPSA) is 70.3 Å². The molecule has 1 aliphatic rings. The minimum absolute atomic E-state index is 0.0133. The van der Waals surface area contributed by atoms with E-state index in [0.717, 1.165) is 0 Å². The number of carbonyl (C=O) groups is 1. The van der Waals surface area contributed by atoms with Crippen molar-refractivity contribution < 1.29 is 19.0 Å². The Labute approximate surface area is 116 Å². The van der Waals surface area contributed by atoms with Crippen molar-refractivity contribution >= 4 is 5.97 Å². The molecule has 0 amide bonds. The molecule has 1 N–H and O–H groups in total. The maximum absolute atomic E-state index is 13.7. The molecule has 2 rings (SSSR count). The average Bonchev–Trinajstić information content (AvgIpc) is 2.46. The van der Waals surface area contributed by atoms with Gasteiger partial charge in [0.15, 0.2) is 0 Å². The maximum Gasteiger partial charge on any atom is 0.306 e. The fraction of sp³-hybridized carbons (Fsp3) is 0.467. The standard InChI is InChI=1S/C15H16FNO3/c16-14-7-10(8-17)1-2-12(14)9-20-13-5-3-11(4-6-13)15(18)19/h1-2,7,11,13H,3-6,9H2,(H,18,19). The molecule has 20 heavy (non-hydrogen) atoms. The van der Waals surface area contributed by atoms with Crippen molar-refractivity contribution in [1.29, 1.82) is 5.26 Å². The number of rotatable bonds is 4. The molecule has 5 heteroatoms. The molecule has 1 aliphatic carbocycles. The Bertz CT molecular complexity index is 530. The molecule has 0 bridgehead atoms. The van der Waals surface area contributed by atoms with Crippen LogP contribution in [0.3, 0.4) is 0 Å². The quantitative estimate of drug-likeness (QED) is 0.918. The first-order chi connectivity index (χ1) is 9.60. The maximum atomic E-state index is 13.7. The molecule has 1 aromatic carbocycles. The van der Waals surface area contributed by atoms with Gasteiger partial charge in [-0.15, -0.1) is 0 Å². The first kappa shape index (κ1) is 14.5. The second-order valence-electron chi connectivity index (χ2n) is 5.04. The minimum Gasteiger partial charge on any atom is -0.481 e. The third-order valence-electron chi connectivity index (χ3n) is 3.68. The van der Waals surface area contributed by atoms with E-state index in [1.54, 1.807) is 12.1 Å². The van der Waals surface area contributed by atoms with Gasteiger partial charge in [0.1, 0.15) is 5.82 Å². The molecule has 0 saturated heterocycles. The molecule has 106 valence electrons. The van der Waals surface area contributed by atoms with Crippen LogP contribution >= 0.6 is 0 Å². The van der Waals surface area contributed by atoms with Crippen molar-refractivity contribution in [2.24, 2.45) is 5.92 Å². The van der Waals surface area contributed by atoms with Gasteiger partial charge in [0.25, 0.3) is 0 Å². The van der Waals surface area contributed by atoms with Crippen LogP contribution in [0.15, 0.2) is 18.2 Å². The summed E-state index contributed by atoms with van der Waals surface area (Å²) in [7, 11) is 0. The summed E-state index contributed by atoms with van der Waals surface area (Å²) in [4.78, 5) is 10.8. The number of hydrogen-bond donors (Lipinski definition) is 1. The number of nitriles is 1. The van der Waals surface area contributed by atoms with Gasteiger partial charge >= 0.3 is 5.97 Å². The molecule has 1 fully saturated rings. The summed E-state index contributed by atoms with van der Waals surface area (Å²) in [5, 5.41) is 17.6. The lowest BCUT2D eigenvalue weighted by Crippen LogP contribution is -2.26. The Morgan fingerprint density at radius 3 is 2.65 bits per heavy atom. The predicted octanol–water partition coefficient (Wildman–Crippen LogP) is 2.86. The normalized spacial score (nSPS) is 22.2. The van der Waals surface area contributed by atoms with Crippen molar-refractivity contribution in [2.75, 3.05) is 0 Å². The Hall–Kier alpha value is -1.93. The molecule has 0 aliphatic heterocycles. The van der Waals surface area contributed by atoms with E-state index in [0.29, 0.717) is 31.2 Å². The van der Waals surface area contributed by atoms with Crippen molar-refractivity contribution in [1.82, 2.24) is 0 Å². The van der Waals surface area contributed by atoms with Gasteiger partial charge in [-0.3, -0.25) is 4.79 Å². The Morgan fingerprint density at radius 2 is 2.10 bits per heavy atom. The van der Waals surface area contributed by atoms with Crippen molar-refractivity contribution in [2.45, 2.75) is 38.4 Å². The van der Waals surface area contributed by atoms with Crippen LogP contribution in [-0.2, 0) is 16.1 Å². The number of nitrogens with zero attached hydrogens (tertiary/aromatic N) is 1. The zero-order valence-electron chi connectivity index (χ0n) is 11.0. The summed E-state index contributed by atoms with van der Waals surface area (Å²) in [6, 6.07) is 6.18. The van der Waals surface area contributed by atoms with Gasteiger partial charge in [-0.2, -0.15) is 5.26 Å². The second kappa shape index (κ2) is 6.49. The predicted molar refractivity (Wildman–Crippen MR) is 69.3 cm³/mol. The highest BCUT2D eigenvalue weighted by Crippen LogP contribution is 2.27. The van der Waals surface area contributed by atoms with Crippen LogP contribution in [0.1, 0.15) is 36.8 Å². The van der Waals surface area contributed by atoms with E-state index in [1.165, 1.54) is 6.07 Å². The molecule has 0 unspecified atom stereocenters. The highest BCUT2D eigenvalue weighted by Gasteiger charge is 2.26. The average molecular weight is 277 g/mol. The first-order valence-corrected chi connectivity index (χ1v) is 6.63. The number of benzene rings is 1. The zero-order chi connectivity index (χ0) is 14.5.